The number of allylic oxidation sites excluding steroid dienone is 3. The molecule has 2 nitrogen and oxygen atoms in total. The second-order valence-corrected chi connectivity index (χ2v) is 6.86. The van der Waals surface area contributed by atoms with Crippen LogP contribution in [0.2, 0.25) is 0 Å². The molecule has 0 aliphatic carbocycles. The predicted octanol–water partition coefficient (Wildman–Crippen LogP) is 6.12. The minimum Gasteiger partial charge on any atom is -0.345 e. The fraction of sp³-hybridized carbons (Fsp3) is 0.667. The van der Waals surface area contributed by atoms with Gasteiger partial charge in [-0.1, -0.05) is 51.5 Å². The lowest BCUT2D eigenvalue weighted by molar-refractivity contribution is 0.141. The summed E-state index contributed by atoms with van der Waals surface area (Å²) in [4.78, 5) is 6.82. The summed E-state index contributed by atoms with van der Waals surface area (Å²) in [5, 5.41) is 0. The molecule has 1 fully saturated rings. The van der Waals surface area contributed by atoms with Crippen molar-refractivity contribution >= 4 is 5.71 Å². The van der Waals surface area contributed by atoms with Crippen molar-refractivity contribution in [3.63, 3.8) is 0 Å². The van der Waals surface area contributed by atoms with Crippen LogP contribution in [0.4, 0.5) is 0 Å². The van der Waals surface area contributed by atoms with E-state index >= 15 is 0 Å². The van der Waals surface area contributed by atoms with E-state index in [2.05, 4.69) is 63.2 Å². The fourth-order valence-electron chi connectivity index (χ4n) is 3.14. The number of rotatable bonds is 9. The molecular weight excluding hydrogens is 280 g/mol. The zero-order valence-corrected chi connectivity index (χ0v) is 16.2. The lowest BCUT2D eigenvalue weighted by Crippen LogP contribution is -2.48. The molecule has 0 aromatic heterocycles. The van der Waals surface area contributed by atoms with Gasteiger partial charge in [0.25, 0.3) is 0 Å². The maximum Gasteiger partial charge on any atom is 0.0415 e. The van der Waals surface area contributed by atoms with E-state index in [1.54, 1.807) is 0 Å². The molecular formula is C21H36N2. The molecule has 1 aliphatic heterocycles. The summed E-state index contributed by atoms with van der Waals surface area (Å²) < 4.78 is 0. The van der Waals surface area contributed by atoms with Gasteiger partial charge in [-0.25, -0.2) is 0 Å². The van der Waals surface area contributed by atoms with Crippen LogP contribution in [0.3, 0.4) is 0 Å². The number of nitrogens with zero attached hydrogens (tertiary/aromatic N) is 2. The minimum atomic E-state index is 0.633. The summed E-state index contributed by atoms with van der Waals surface area (Å²) >= 11 is 0. The maximum atomic E-state index is 4.30. The van der Waals surface area contributed by atoms with Crippen LogP contribution in [0.1, 0.15) is 73.1 Å². The third-order valence-corrected chi connectivity index (χ3v) is 5.16. The average Bonchev–Trinajstić information content (AvgIpc) is 2.55. The van der Waals surface area contributed by atoms with Gasteiger partial charge in [-0.15, -0.1) is 0 Å². The Balaban J connectivity index is 2.98. The normalized spacial score (nSPS) is 21.5. The zero-order valence-electron chi connectivity index (χ0n) is 16.2. The molecule has 0 amide bonds. The van der Waals surface area contributed by atoms with E-state index in [-0.39, 0.29) is 0 Å². The number of aliphatic imine (C=N–C) groups is 1. The van der Waals surface area contributed by atoms with Gasteiger partial charge < -0.3 is 4.90 Å². The van der Waals surface area contributed by atoms with Crippen LogP contribution in [-0.2, 0) is 0 Å². The molecule has 2 heteroatoms. The van der Waals surface area contributed by atoms with E-state index in [1.807, 2.05) is 7.05 Å². The molecule has 0 radical (unpaired) electrons. The van der Waals surface area contributed by atoms with E-state index in [1.165, 1.54) is 29.1 Å². The molecule has 2 unspecified atom stereocenters. The first-order valence-electron chi connectivity index (χ1n) is 9.19. The monoisotopic (exact) mass is 316 g/mol. The van der Waals surface area contributed by atoms with E-state index in [0.717, 1.165) is 38.0 Å². The van der Waals surface area contributed by atoms with Crippen molar-refractivity contribution in [3.8, 4) is 0 Å². The molecule has 0 aromatic rings. The van der Waals surface area contributed by atoms with Crippen LogP contribution >= 0.6 is 0 Å². The number of hydrogen-bond donors (Lipinski definition) is 0. The van der Waals surface area contributed by atoms with Gasteiger partial charge in [0.15, 0.2) is 0 Å². The molecule has 2 atom stereocenters. The smallest absolute Gasteiger partial charge is 0.0415 e. The fourth-order valence-corrected chi connectivity index (χ4v) is 3.14. The van der Waals surface area contributed by atoms with Crippen LogP contribution in [0.15, 0.2) is 40.7 Å². The van der Waals surface area contributed by atoms with Gasteiger partial charge in [0.05, 0.1) is 0 Å². The van der Waals surface area contributed by atoms with Crippen molar-refractivity contribution in [3.05, 3.63) is 35.7 Å². The summed E-state index contributed by atoms with van der Waals surface area (Å²) in [6.07, 6.45) is 11.2. The molecule has 1 saturated heterocycles. The van der Waals surface area contributed by atoms with E-state index in [9.17, 15) is 0 Å². The van der Waals surface area contributed by atoms with Gasteiger partial charge in [0.1, 0.15) is 0 Å². The molecule has 0 bridgehead atoms. The summed E-state index contributed by atoms with van der Waals surface area (Å²) in [6.45, 7) is 15.6. The van der Waals surface area contributed by atoms with E-state index in [4.69, 9.17) is 0 Å². The highest BCUT2D eigenvalue weighted by Gasteiger charge is 2.36. The first-order chi connectivity index (χ1) is 11.0. The minimum absolute atomic E-state index is 0.633. The number of likely N-dealkylation sites (tertiary alicyclic amines) is 1. The Kier molecular flexibility index (Phi) is 8.36. The van der Waals surface area contributed by atoms with Crippen molar-refractivity contribution in [2.75, 3.05) is 7.05 Å². The molecule has 0 N–H and O–H groups in total. The van der Waals surface area contributed by atoms with Crippen LogP contribution in [0.25, 0.3) is 0 Å². The lowest BCUT2D eigenvalue weighted by atomic mass is 9.84. The third kappa shape index (κ3) is 5.37. The quantitative estimate of drug-likeness (QED) is 0.369. The van der Waals surface area contributed by atoms with Crippen LogP contribution in [0.5, 0.6) is 0 Å². The molecule has 0 spiro atoms. The van der Waals surface area contributed by atoms with Gasteiger partial charge in [0, 0.05) is 43.0 Å². The second-order valence-electron chi connectivity index (χ2n) is 6.86. The number of hydrogen-bond acceptors (Lipinski definition) is 2. The van der Waals surface area contributed by atoms with Crippen molar-refractivity contribution in [1.82, 2.24) is 4.90 Å². The summed E-state index contributed by atoms with van der Waals surface area (Å²) in [5.41, 5.74) is 5.48. The van der Waals surface area contributed by atoms with Crippen LogP contribution < -0.4 is 0 Å². The topological polar surface area (TPSA) is 15.6 Å². The first kappa shape index (κ1) is 19.7. The van der Waals surface area contributed by atoms with Gasteiger partial charge in [-0.05, 0) is 39.0 Å². The Morgan fingerprint density at radius 1 is 1.30 bits per heavy atom. The van der Waals surface area contributed by atoms with E-state index in [0.29, 0.717) is 6.04 Å². The maximum absolute atomic E-state index is 4.30. The summed E-state index contributed by atoms with van der Waals surface area (Å²) in [5.74, 6) is 0.720. The van der Waals surface area contributed by atoms with Crippen LogP contribution in [0, 0.1) is 5.92 Å². The van der Waals surface area contributed by atoms with Crippen LogP contribution in [-0.4, -0.2) is 23.7 Å². The SMILES string of the molecule is C=C1CC(C(C)CC)N1/C(C/C=C/CC)=C(\C)CCC(C)=NC. The largest absolute Gasteiger partial charge is 0.345 e. The second kappa shape index (κ2) is 9.75. The molecule has 1 aliphatic rings. The Bertz CT molecular complexity index is 482. The highest BCUT2D eigenvalue weighted by Crippen LogP contribution is 2.40. The Hall–Kier alpha value is -1.31. The van der Waals surface area contributed by atoms with Gasteiger partial charge in [0.2, 0.25) is 0 Å². The Morgan fingerprint density at radius 2 is 2.00 bits per heavy atom. The van der Waals surface area contributed by atoms with Crippen molar-refractivity contribution in [1.29, 1.82) is 0 Å². The van der Waals surface area contributed by atoms with Gasteiger partial charge >= 0.3 is 0 Å². The Labute approximate surface area is 144 Å². The molecule has 1 heterocycles. The van der Waals surface area contributed by atoms with Crippen molar-refractivity contribution in [2.45, 2.75) is 79.2 Å². The predicted molar refractivity (Wildman–Crippen MR) is 104 cm³/mol. The molecule has 0 aromatic carbocycles. The van der Waals surface area contributed by atoms with Crippen molar-refractivity contribution < 1.29 is 0 Å². The molecule has 1 rings (SSSR count). The lowest BCUT2D eigenvalue weighted by Gasteiger charge is -2.49. The van der Waals surface area contributed by atoms with Crippen molar-refractivity contribution in [2.24, 2.45) is 10.9 Å². The van der Waals surface area contributed by atoms with Gasteiger partial charge in [-0.3, -0.25) is 4.99 Å². The Morgan fingerprint density at radius 3 is 2.52 bits per heavy atom. The standard InChI is InChI=1S/C21H36N2/c1-8-10-11-12-20(17(4)13-14-18(5)22-7)23-19(6)15-21(23)16(3)9-2/h10-11,16,21H,6,8-9,12-15H2,1-5,7H3/b11-10+,20-17+,22-18?. The molecule has 23 heavy (non-hydrogen) atoms. The summed E-state index contributed by atoms with van der Waals surface area (Å²) in [7, 11) is 1.88. The average molecular weight is 317 g/mol. The van der Waals surface area contributed by atoms with Gasteiger partial charge in [-0.2, -0.15) is 0 Å². The highest BCUT2D eigenvalue weighted by molar-refractivity contribution is 5.81. The molecule has 0 saturated carbocycles. The molecule has 130 valence electrons. The van der Waals surface area contributed by atoms with E-state index < -0.39 is 0 Å². The third-order valence-electron chi connectivity index (χ3n) is 5.16. The first-order valence-corrected chi connectivity index (χ1v) is 9.19. The zero-order chi connectivity index (χ0) is 17.4. The highest BCUT2D eigenvalue weighted by atomic mass is 15.2. The summed E-state index contributed by atoms with van der Waals surface area (Å²) in [6, 6.07) is 0.633.